The van der Waals surface area contributed by atoms with Gasteiger partial charge < -0.3 is 25.0 Å². The molecule has 0 radical (unpaired) electrons. The number of hydrogen-bond acceptors (Lipinski definition) is 11. The average molecular weight is 863 g/mol. The van der Waals surface area contributed by atoms with Crippen LogP contribution < -0.4 is 15.5 Å². The van der Waals surface area contributed by atoms with Crippen LogP contribution in [0.1, 0.15) is 91.5 Å². The first kappa shape index (κ1) is 42.5. The molecule has 63 heavy (non-hydrogen) atoms. The minimum Gasteiger partial charge on any atom is -0.386 e. The molecular weight excluding hydrogens is 811 g/mol. The molecule has 1 aliphatic carbocycles. The molecule has 15 nitrogen and oxygen atoms in total. The number of carbonyl (C=O) groups excluding carboxylic acids is 3. The van der Waals surface area contributed by atoms with Crippen LogP contribution in [-0.2, 0) is 19.9 Å². The number of piperidine rings is 1. The number of rotatable bonds is 11. The Morgan fingerprint density at radius 1 is 1.02 bits per heavy atom. The second-order valence-electron chi connectivity index (χ2n) is 18.2. The highest BCUT2D eigenvalue weighted by Gasteiger charge is 2.38. The molecule has 5 aromatic rings. The number of fused-ring (bicyclic) bond motifs is 2. The van der Waals surface area contributed by atoms with Gasteiger partial charge in [0.2, 0.25) is 11.8 Å². The van der Waals surface area contributed by atoms with Gasteiger partial charge in [0, 0.05) is 105 Å². The highest BCUT2D eigenvalue weighted by atomic mass is 19.1. The van der Waals surface area contributed by atoms with E-state index >= 15 is 8.78 Å². The Kier molecular flexibility index (Phi) is 11.5. The number of imide groups is 1. The highest BCUT2D eigenvalue weighted by molar-refractivity contribution is 6.05. The number of amides is 3. The number of halogens is 2. The van der Waals surface area contributed by atoms with E-state index in [-0.39, 0.29) is 30.5 Å². The van der Waals surface area contributed by atoms with E-state index in [4.69, 9.17) is 9.84 Å². The average Bonchev–Trinajstić information content (AvgIpc) is 3.86. The summed E-state index contributed by atoms with van der Waals surface area (Å²) in [5.41, 5.74) is 2.00. The van der Waals surface area contributed by atoms with Crippen molar-refractivity contribution in [1.82, 2.24) is 34.5 Å². The number of nitriles is 1. The molecule has 0 spiro atoms. The fourth-order valence-electron chi connectivity index (χ4n) is 10.2. The maximum absolute atomic E-state index is 15.2. The standard InChI is InChI=1S/C46H52F2N10O5/c1-46(2,62)36-18-39-29(15-40(36)51-45(61)41-10-8-32-14-27(19-49)20-50-58(32)41)24-57(53-39)31-6-4-30(5-7-31)56-13-12-54(25-34(56)26-63-3)21-28-22-55(23-28)33-16-37(47)43(38(48)17-33)35-9-11-42(59)52-44(35)60/h8,10,14-18,20,24,28,30-31,34-35,62H,4-7,9,11-13,21-23,25-26H2,1-3H3,(H,51,61)(H,52,59,60)/t30?,31?,34-,35+/m0/s1. The van der Waals surface area contributed by atoms with Crippen molar-refractivity contribution in [1.29, 1.82) is 5.26 Å². The number of benzene rings is 2. The third-order valence-electron chi connectivity index (χ3n) is 13.4. The molecule has 17 heteroatoms. The topological polar surface area (TPSA) is 173 Å². The highest BCUT2D eigenvalue weighted by Crippen LogP contribution is 2.38. The number of piperazine rings is 1. The summed E-state index contributed by atoms with van der Waals surface area (Å²) in [6.45, 7) is 8.95. The SMILES string of the molecule is COC[C@@H]1CN(CC2CN(c3cc(F)c([C@H]4CCC(=O)NC4=O)c(F)c3)C2)CCN1C1CCC(n2cc3cc(NC(=O)c4ccc5cc(C#N)cnn45)c(C(C)(C)O)cc3n2)CC1. The van der Waals surface area contributed by atoms with Gasteiger partial charge in [-0.25, -0.2) is 13.3 Å². The van der Waals surface area contributed by atoms with E-state index in [1.807, 2.05) is 27.9 Å². The van der Waals surface area contributed by atoms with Gasteiger partial charge in [0.1, 0.15) is 23.4 Å². The summed E-state index contributed by atoms with van der Waals surface area (Å²) in [4.78, 5) is 44.5. The lowest BCUT2D eigenvalue weighted by Crippen LogP contribution is -2.61. The van der Waals surface area contributed by atoms with Gasteiger partial charge in [-0.1, -0.05) is 0 Å². The van der Waals surface area contributed by atoms with E-state index in [0.717, 1.165) is 62.8 Å². The summed E-state index contributed by atoms with van der Waals surface area (Å²) in [6, 6.07) is 14.3. The number of hydrogen-bond donors (Lipinski definition) is 3. The monoisotopic (exact) mass is 862 g/mol. The van der Waals surface area contributed by atoms with E-state index in [2.05, 4.69) is 31.6 Å². The second-order valence-corrected chi connectivity index (χ2v) is 18.2. The first-order valence-corrected chi connectivity index (χ1v) is 21.8. The molecule has 9 rings (SSSR count). The maximum Gasteiger partial charge on any atom is 0.274 e. The zero-order valence-electron chi connectivity index (χ0n) is 35.7. The number of nitrogens with one attached hydrogen (secondary N) is 2. The lowest BCUT2D eigenvalue weighted by molar-refractivity contribution is -0.134. The molecule has 3 saturated heterocycles. The summed E-state index contributed by atoms with van der Waals surface area (Å²) in [6.07, 6.45) is 7.52. The van der Waals surface area contributed by atoms with Crippen molar-refractivity contribution in [3.05, 3.63) is 88.9 Å². The van der Waals surface area contributed by atoms with Crippen molar-refractivity contribution in [3.8, 4) is 6.07 Å². The molecule has 3 N–H and O–H groups in total. The zero-order chi connectivity index (χ0) is 44.2. The first-order chi connectivity index (χ1) is 30.3. The van der Waals surface area contributed by atoms with Crippen LogP contribution in [-0.4, -0.2) is 117 Å². The van der Waals surface area contributed by atoms with Gasteiger partial charge in [-0.3, -0.25) is 29.3 Å². The van der Waals surface area contributed by atoms with E-state index in [1.165, 1.54) is 22.8 Å². The fraction of sp³-hybridized carbons (Fsp3) is 0.478. The van der Waals surface area contributed by atoms with E-state index in [9.17, 15) is 24.8 Å². The molecule has 4 fully saturated rings. The Morgan fingerprint density at radius 3 is 2.46 bits per heavy atom. The fourth-order valence-corrected chi connectivity index (χ4v) is 10.2. The number of aliphatic hydroxyl groups is 1. The second kappa shape index (κ2) is 17.1. The van der Waals surface area contributed by atoms with Crippen molar-refractivity contribution in [2.45, 2.75) is 82.0 Å². The van der Waals surface area contributed by atoms with Crippen molar-refractivity contribution < 1.29 is 33.0 Å². The summed E-state index contributed by atoms with van der Waals surface area (Å²) < 4.78 is 39.7. The summed E-state index contributed by atoms with van der Waals surface area (Å²) in [5, 5.41) is 35.7. The number of nitrogens with zero attached hydrogens (tertiary/aromatic N) is 8. The Bertz CT molecular complexity index is 2600. The number of aromatic nitrogens is 4. The molecule has 4 aliphatic rings. The quantitative estimate of drug-likeness (QED) is 0.151. The molecule has 330 valence electrons. The first-order valence-electron chi connectivity index (χ1n) is 21.8. The molecule has 2 aromatic carbocycles. The van der Waals surface area contributed by atoms with Crippen LogP contribution in [0.4, 0.5) is 20.2 Å². The molecule has 3 aliphatic heterocycles. The Morgan fingerprint density at radius 2 is 1.76 bits per heavy atom. The van der Waals surface area contributed by atoms with Gasteiger partial charge >= 0.3 is 0 Å². The third kappa shape index (κ3) is 8.52. The third-order valence-corrected chi connectivity index (χ3v) is 13.4. The van der Waals surface area contributed by atoms with Gasteiger partial charge in [-0.15, -0.1) is 0 Å². The van der Waals surface area contributed by atoms with Crippen LogP contribution in [0.2, 0.25) is 0 Å². The Hall–Kier alpha value is -5.80. The molecule has 6 heterocycles. The van der Waals surface area contributed by atoms with Crippen molar-refractivity contribution in [2.24, 2.45) is 5.92 Å². The van der Waals surface area contributed by atoms with Crippen LogP contribution in [0.25, 0.3) is 16.4 Å². The lowest BCUT2D eigenvalue weighted by atomic mass is 9.88. The normalized spacial score (nSPS) is 22.9. The number of carbonyl (C=O) groups is 3. The summed E-state index contributed by atoms with van der Waals surface area (Å²) >= 11 is 0. The molecule has 0 bridgehead atoms. The van der Waals surface area contributed by atoms with Crippen molar-refractivity contribution >= 4 is 45.5 Å². The number of anilines is 2. The van der Waals surface area contributed by atoms with Crippen LogP contribution in [0.15, 0.2) is 54.9 Å². The van der Waals surface area contributed by atoms with Gasteiger partial charge in [0.05, 0.1) is 47.0 Å². The Balaban J connectivity index is 0.800. The minimum atomic E-state index is -1.27. The smallest absolute Gasteiger partial charge is 0.274 e. The predicted molar refractivity (Wildman–Crippen MR) is 230 cm³/mol. The predicted octanol–water partition coefficient (Wildman–Crippen LogP) is 5.09. The molecule has 1 saturated carbocycles. The molecular formula is C46H52F2N10O5. The maximum atomic E-state index is 15.2. The Labute approximate surface area is 363 Å². The van der Waals surface area contributed by atoms with Gasteiger partial charge in [0.25, 0.3) is 5.91 Å². The van der Waals surface area contributed by atoms with Crippen LogP contribution in [0.3, 0.4) is 0 Å². The summed E-state index contributed by atoms with van der Waals surface area (Å²) in [5.74, 6) is -3.66. The molecule has 0 unspecified atom stereocenters. The lowest BCUT2D eigenvalue weighted by Gasteiger charge is -2.49. The van der Waals surface area contributed by atoms with E-state index < -0.39 is 40.9 Å². The largest absolute Gasteiger partial charge is 0.386 e. The van der Waals surface area contributed by atoms with Gasteiger partial charge in [0.15, 0.2) is 0 Å². The van der Waals surface area contributed by atoms with Crippen LogP contribution in [0, 0.1) is 28.9 Å². The van der Waals surface area contributed by atoms with E-state index in [1.54, 1.807) is 39.2 Å². The number of methoxy groups -OCH3 is 1. The van der Waals surface area contributed by atoms with Crippen molar-refractivity contribution in [3.63, 3.8) is 0 Å². The van der Waals surface area contributed by atoms with Gasteiger partial charge in [-0.2, -0.15) is 15.5 Å². The van der Waals surface area contributed by atoms with Crippen LogP contribution in [0.5, 0.6) is 0 Å². The van der Waals surface area contributed by atoms with Crippen molar-refractivity contribution in [2.75, 3.05) is 63.2 Å². The van der Waals surface area contributed by atoms with E-state index in [0.29, 0.717) is 65.4 Å². The number of ether oxygens (including phenoxy) is 1. The summed E-state index contributed by atoms with van der Waals surface area (Å²) in [7, 11) is 1.75. The molecule has 2 atom stereocenters. The molecule has 3 amide bonds. The van der Waals surface area contributed by atoms with Gasteiger partial charge in [-0.05, 0) is 88.4 Å². The molecule has 3 aromatic heterocycles. The van der Waals surface area contributed by atoms with Crippen LogP contribution >= 0.6 is 0 Å². The minimum absolute atomic E-state index is 0.0522. The zero-order valence-corrected chi connectivity index (χ0v) is 35.7.